The molecule has 0 bridgehead atoms. The van der Waals surface area contributed by atoms with Gasteiger partial charge in [0.2, 0.25) is 10.0 Å². The van der Waals surface area contributed by atoms with E-state index in [9.17, 15) is 13.2 Å². The smallest absolute Gasteiger partial charge is 0.259 e. The van der Waals surface area contributed by atoms with Crippen LogP contribution in [-0.2, 0) is 10.0 Å². The van der Waals surface area contributed by atoms with Crippen molar-refractivity contribution in [3.63, 3.8) is 0 Å². The number of furan rings is 1. The molecular weight excluding hydrogens is 330 g/mol. The Bertz CT molecular complexity index is 854. The van der Waals surface area contributed by atoms with Gasteiger partial charge in [0.15, 0.2) is 0 Å². The average Bonchev–Trinajstić information content (AvgIpc) is 2.92. The minimum atomic E-state index is -3.59. The van der Waals surface area contributed by atoms with Crippen molar-refractivity contribution in [2.24, 2.45) is 0 Å². The molecule has 2 aromatic rings. The minimum Gasteiger partial charge on any atom is -0.469 e. The number of aryl methyl sites for hydroxylation is 1. The lowest BCUT2D eigenvalue weighted by Gasteiger charge is -2.20. The molecule has 0 spiro atoms. The Morgan fingerprint density at radius 3 is 2.29 bits per heavy atom. The number of sulfonamides is 1. The van der Waals surface area contributed by atoms with E-state index >= 15 is 0 Å². The van der Waals surface area contributed by atoms with Crippen LogP contribution in [0.2, 0.25) is 0 Å². The van der Waals surface area contributed by atoms with Crippen LogP contribution in [0.15, 0.2) is 39.8 Å². The maximum atomic E-state index is 12.4. The van der Waals surface area contributed by atoms with E-state index in [4.69, 9.17) is 4.42 Å². The van der Waals surface area contributed by atoms with Gasteiger partial charge in [-0.3, -0.25) is 4.79 Å². The lowest BCUT2D eigenvalue weighted by Crippen LogP contribution is -2.23. The fourth-order valence-corrected chi connectivity index (χ4v) is 3.12. The van der Waals surface area contributed by atoms with Gasteiger partial charge in [-0.2, -0.15) is 0 Å². The number of anilines is 2. The van der Waals surface area contributed by atoms with Crippen LogP contribution in [0, 0.1) is 6.92 Å². The summed E-state index contributed by atoms with van der Waals surface area (Å²) in [5.74, 6) is 0.139. The molecule has 130 valence electrons. The first kappa shape index (κ1) is 18.0. The maximum absolute atomic E-state index is 12.4. The number of carbonyl (C=O) groups excluding carboxylic acids is 1. The van der Waals surface area contributed by atoms with E-state index in [1.54, 1.807) is 24.0 Å². The Labute approximate surface area is 141 Å². The quantitative estimate of drug-likeness (QED) is 0.892. The van der Waals surface area contributed by atoms with E-state index in [0.717, 1.165) is 4.31 Å². The van der Waals surface area contributed by atoms with Crippen LogP contribution in [0.5, 0.6) is 0 Å². The van der Waals surface area contributed by atoms with E-state index in [2.05, 4.69) is 5.32 Å². The summed E-state index contributed by atoms with van der Waals surface area (Å²) in [5, 5.41) is 2.76. The van der Waals surface area contributed by atoms with Gasteiger partial charge in [0, 0.05) is 28.2 Å². The molecule has 8 heteroatoms. The van der Waals surface area contributed by atoms with Crippen molar-refractivity contribution in [3.05, 3.63) is 41.9 Å². The highest BCUT2D eigenvalue weighted by atomic mass is 32.2. The number of amides is 1. The molecule has 0 fully saturated rings. The normalized spacial score (nSPS) is 11.6. The third kappa shape index (κ3) is 3.44. The number of rotatable bonds is 5. The Morgan fingerprint density at radius 1 is 1.12 bits per heavy atom. The zero-order valence-electron chi connectivity index (χ0n) is 14.3. The van der Waals surface area contributed by atoms with E-state index in [1.165, 1.54) is 32.5 Å². The Morgan fingerprint density at radius 2 is 1.79 bits per heavy atom. The van der Waals surface area contributed by atoms with Crippen LogP contribution in [-0.4, -0.2) is 46.8 Å². The topological polar surface area (TPSA) is 82.9 Å². The van der Waals surface area contributed by atoms with Gasteiger partial charge in [-0.05, 0) is 31.2 Å². The SMILES string of the molecule is Cc1occc1C(=O)Nc1cc(S(=O)(=O)N(C)C)ccc1N(C)C. The molecule has 0 radical (unpaired) electrons. The van der Waals surface area contributed by atoms with Crippen LogP contribution in [0.3, 0.4) is 0 Å². The Kier molecular flexibility index (Phi) is 5.00. The largest absolute Gasteiger partial charge is 0.469 e. The van der Waals surface area contributed by atoms with Crippen LogP contribution >= 0.6 is 0 Å². The first-order valence-corrected chi connectivity index (χ1v) is 8.68. The number of benzene rings is 1. The first-order valence-electron chi connectivity index (χ1n) is 7.24. The van der Waals surface area contributed by atoms with Crippen molar-refractivity contribution in [2.45, 2.75) is 11.8 Å². The summed E-state index contributed by atoms with van der Waals surface area (Å²) in [6, 6.07) is 6.20. The molecule has 0 unspecified atom stereocenters. The van der Waals surface area contributed by atoms with E-state index in [-0.39, 0.29) is 10.8 Å². The molecule has 1 heterocycles. The number of carbonyl (C=O) groups is 1. The van der Waals surface area contributed by atoms with Crippen molar-refractivity contribution in [2.75, 3.05) is 38.4 Å². The van der Waals surface area contributed by atoms with Crippen molar-refractivity contribution in [1.29, 1.82) is 0 Å². The van der Waals surface area contributed by atoms with Gasteiger partial charge in [0.1, 0.15) is 5.76 Å². The van der Waals surface area contributed by atoms with Crippen molar-refractivity contribution in [3.8, 4) is 0 Å². The number of nitrogens with zero attached hydrogens (tertiary/aromatic N) is 2. The monoisotopic (exact) mass is 351 g/mol. The predicted octanol–water partition coefficient (Wildman–Crippen LogP) is 2.16. The average molecular weight is 351 g/mol. The Balaban J connectivity index is 2.47. The van der Waals surface area contributed by atoms with Crippen LogP contribution in [0.4, 0.5) is 11.4 Å². The highest BCUT2D eigenvalue weighted by Crippen LogP contribution is 2.29. The molecule has 1 aromatic carbocycles. The summed E-state index contributed by atoms with van der Waals surface area (Å²) in [4.78, 5) is 14.3. The molecule has 0 saturated heterocycles. The molecule has 1 N–H and O–H groups in total. The van der Waals surface area contributed by atoms with E-state index < -0.39 is 10.0 Å². The van der Waals surface area contributed by atoms with Crippen LogP contribution in [0.25, 0.3) is 0 Å². The van der Waals surface area contributed by atoms with Gasteiger partial charge in [0.05, 0.1) is 28.1 Å². The van der Waals surface area contributed by atoms with Crippen molar-refractivity contribution < 1.29 is 17.6 Å². The highest BCUT2D eigenvalue weighted by Gasteiger charge is 2.21. The summed E-state index contributed by atoms with van der Waals surface area (Å²) in [5.41, 5.74) is 1.51. The van der Waals surface area contributed by atoms with Crippen molar-refractivity contribution in [1.82, 2.24) is 4.31 Å². The minimum absolute atomic E-state index is 0.109. The Hall–Kier alpha value is -2.32. The summed E-state index contributed by atoms with van der Waals surface area (Å²) < 4.78 is 30.9. The zero-order chi connectivity index (χ0) is 18.1. The summed E-state index contributed by atoms with van der Waals surface area (Å²) in [6.45, 7) is 1.69. The first-order chi connectivity index (χ1) is 11.1. The fourth-order valence-electron chi connectivity index (χ4n) is 2.19. The third-order valence-corrected chi connectivity index (χ3v) is 5.39. The molecule has 0 saturated carbocycles. The predicted molar refractivity (Wildman–Crippen MR) is 93.0 cm³/mol. The van der Waals surface area contributed by atoms with Gasteiger partial charge in [-0.1, -0.05) is 0 Å². The molecule has 0 aliphatic carbocycles. The molecular formula is C16H21N3O4S. The van der Waals surface area contributed by atoms with E-state index in [0.29, 0.717) is 22.7 Å². The molecule has 0 aliphatic rings. The molecule has 0 aliphatic heterocycles. The lowest BCUT2D eigenvalue weighted by molar-refractivity contribution is 0.102. The second kappa shape index (κ2) is 6.66. The highest BCUT2D eigenvalue weighted by molar-refractivity contribution is 7.89. The van der Waals surface area contributed by atoms with Crippen molar-refractivity contribution >= 4 is 27.3 Å². The molecule has 1 amide bonds. The van der Waals surface area contributed by atoms with Gasteiger partial charge in [-0.25, -0.2) is 12.7 Å². The zero-order valence-corrected chi connectivity index (χ0v) is 15.1. The van der Waals surface area contributed by atoms with Gasteiger partial charge < -0.3 is 14.6 Å². The van der Waals surface area contributed by atoms with Gasteiger partial charge in [0.25, 0.3) is 5.91 Å². The standard InChI is InChI=1S/C16H21N3O4S/c1-11-13(8-9-23-11)16(20)17-14-10-12(24(21,22)19(4)5)6-7-15(14)18(2)3/h6-10H,1-5H3,(H,17,20). The summed E-state index contributed by atoms with van der Waals surface area (Å²) in [6.07, 6.45) is 1.43. The van der Waals surface area contributed by atoms with E-state index in [1.807, 2.05) is 14.1 Å². The number of nitrogens with one attached hydrogen (secondary N) is 1. The van der Waals surface area contributed by atoms with Gasteiger partial charge >= 0.3 is 0 Å². The second-order valence-electron chi connectivity index (χ2n) is 5.71. The van der Waals surface area contributed by atoms with Crippen LogP contribution in [0.1, 0.15) is 16.1 Å². The summed E-state index contributed by atoms with van der Waals surface area (Å²) in [7, 11) is 2.95. The lowest BCUT2D eigenvalue weighted by atomic mass is 10.2. The fraction of sp³-hybridized carbons (Fsp3) is 0.312. The van der Waals surface area contributed by atoms with Crippen LogP contribution < -0.4 is 10.2 Å². The number of hydrogen-bond donors (Lipinski definition) is 1. The maximum Gasteiger partial charge on any atom is 0.259 e. The molecule has 1 aromatic heterocycles. The molecule has 2 rings (SSSR count). The second-order valence-corrected chi connectivity index (χ2v) is 7.86. The summed E-state index contributed by atoms with van der Waals surface area (Å²) >= 11 is 0. The number of hydrogen-bond acceptors (Lipinski definition) is 5. The molecule has 24 heavy (non-hydrogen) atoms. The van der Waals surface area contributed by atoms with Gasteiger partial charge in [-0.15, -0.1) is 0 Å². The molecule has 0 atom stereocenters. The third-order valence-electron chi connectivity index (χ3n) is 3.58. The molecule has 7 nitrogen and oxygen atoms in total.